The van der Waals surface area contributed by atoms with Gasteiger partial charge in [0.05, 0.1) is 12.4 Å². The minimum Gasteiger partial charge on any atom is -0.461 e. The van der Waals surface area contributed by atoms with Gasteiger partial charge < -0.3 is 10.1 Å². The van der Waals surface area contributed by atoms with Crippen molar-refractivity contribution in [3.05, 3.63) is 10.6 Å². The van der Waals surface area contributed by atoms with E-state index in [4.69, 9.17) is 4.74 Å². The van der Waals surface area contributed by atoms with E-state index in [1.807, 2.05) is 0 Å². The number of esters is 1. The number of ether oxygens (including phenoxy) is 1. The molecule has 1 heterocycles. The van der Waals surface area contributed by atoms with E-state index in [0.29, 0.717) is 5.13 Å². The van der Waals surface area contributed by atoms with Crippen LogP contribution in [0.1, 0.15) is 40.9 Å². The number of aromatic nitrogens is 1. The molecular formula is C12H18N2O5S2. The van der Waals surface area contributed by atoms with E-state index in [2.05, 4.69) is 10.3 Å². The minimum absolute atomic E-state index is 0.0385. The Bertz CT molecular complexity index is 636. The van der Waals surface area contributed by atoms with Crippen LogP contribution in [0.2, 0.25) is 0 Å². The number of nitrogens with zero attached hydrogens (tertiary/aromatic N) is 1. The second-order valence-corrected chi connectivity index (χ2v) is 7.80. The molecule has 9 heteroatoms. The molecule has 21 heavy (non-hydrogen) atoms. The zero-order valence-corrected chi connectivity index (χ0v) is 13.9. The molecule has 0 aromatic carbocycles. The Morgan fingerprint density at radius 2 is 2.05 bits per heavy atom. The summed E-state index contributed by atoms with van der Waals surface area (Å²) in [6.07, 6.45) is 1.14. The van der Waals surface area contributed by atoms with Crippen molar-refractivity contribution in [3.8, 4) is 0 Å². The Kier molecular flexibility index (Phi) is 5.85. The van der Waals surface area contributed by atoms with E-state index in [0.717, 1.165) is 17.6 Å². The Balaban J connectivity index is 2.97. The normalized spacial score (nSPS) is 12.8. The van der Waals surface area contributed by atoms with Gasteiger partial charge in [0.1, 0.15) is 14.7 Å². The van der Waals surface area contributed by atoms with Crippen molar-refractivity contribution in [3.63, 3.8) is 0 Å². The van der Waals surface area contributed by atoms with Crippen molar-refractivity contribution < 1.29 is 22.7 Å². The lowest BCUT2D eigenvalue weighted by Crippen LogP contribution is -2.25. The summed E-state index contributed by atoms with van der Waals surface area (Å²) < 4.78 is 27.3. The number of hydrogen-bond donors (Lipinski definition) is 1. The third-order valence-corrected chi connectivity index (χ3v) is 4.53. The molecule has 0 fully saturated rings. The van der Waals surface area contributed by atoms with Gasteiger partial charge in [-0.05, 0) is 13.8 Å². The van der Waals surface area contributed by atoms with Crippen LogP contribution in [-0.2, 0) is 14.6 Å². The number of ketones is 1. The maximum absolute atomic E-state index is 11.7. The SMILES string of the molecule is CCOC(=O)c1nc(NC(C)CS(C)(=O)=O)sc1C(C)=O. The highest BCUT2D eigenvalue weighted by Crippen LogP contribution is 2.25. The second kappa shape index (κ2) is 6.99. The molecular weight excluding hydrogens is 316 g/mol. The van der Waals surface area contributed by atoms with E-state index < -0.39 is 15.8 Å². The standard InChI is InChI=1S/C12H18N2O5S2/c1-5-19-11(16)9-10(8(3)15)20-12(14-9)13-7(2)6-21(4,17)18/h7H,5-6H2,1-4H3,(H,13,14). The molecule has 0 radical (unpaired) electrons. The van der Waals surface area contributed by atoms with Crippen molar-refractivity contribution in [1.29, 1.82) is 0 Å². The van der Waals surface area contributed by atoms with Crippen LogP contribution in [0.25, 0.3) is 0 Å². The molecule has 0 aliphatic heterocycles. The van der Waals surface area contributed by atoms with Gasteiger partial charge in [-0.15, -0.1) is 0 Å². The Labute approximate surface area is 127 Å². The van der Waals surface area contributed by atoms with Gasteiger partial charge in [0.25, 0.3) is 0 Å². The fourth-order valence-electron chi connectivity index (χ4n) is 1.66. The summed E-state index contributed by atoms with van der Waals surface area (Å²) in [6.45, 7) is 4.85. The van der Waals surface area contributed by atoms with Crippen molar-refractivity contribution in [2.24, 2.45) is 0 Å². The average Bonchev–Trinajstić information content (AvgIpc) is 2.70. The van der Waals surface area contributed by atoms with Crippen LogP contribution in [-0.4, -0.2) is 49.8 Å². The first-order valence-corrected chi connectivity index (χ1v) is 9.15. The number of anilines is 1. The second-order valence-electron chi connectivity index (χ2n) is 4.61. The number of thiazole rings is 1. The largest absolute Gasteiger partial charge is 0.461 e. The first-order valence-electron chi connectivity index (χ1n) is 6.27. The molecule has 0 bridgehead atoms. The van der Waals surface area contributed by atoms with Crippen LogP contribution in [0.4, 0.5) is 5.13 Å². The van der Waals surface area contributed by atoms with Crippen LogP contribution in [0, 0.1) is 0 Å². The summed E-state index contributed by atoms with van der Waals surface area (Å²) in [5.74, 6) is -1.03. The van der Waals surface area contributed by atoms with E-state index >= 15 is 0 Å². The summed E-state index contributed by atoms with van der Waals surface area (Å²) in [7, 11) is -3.13. The third kappa shape index (κ3) is 5.43. The number of carbonyl (C=O) groups is 2. The van der Waals surface area contributed by atoms with E-state index in [-0.39, 0.29) is 34.8 Å². The van der Waals surface area contributed by atoms with Gasteiger partial charge in [-0.2, -0.15) is 0 Å². The summed E-state index contributed by atoms with van der Waals surface area (Å²) in [4.78, 5) is 27.5. The van der Waals surface area contributed by atoms with Gasteiger partial charge in [0, 0.05) is 19.2 Å². The van der Waals surface area contributed by atoms with Gasteiger partial charge in [0.2, 0.25) is 0 Å². The number of sulfone groups is 1. The minimum atomic E-state index is -3.13. The first kappa shape index (κ1) is 17.6. The average molecular weight is 334 g/mol. The van der Waals surface area contributed by atoms with E-state index in [1.165, 1.54) is 6.92 Å². The molecule has 1 aromatic heterocycles. The molecule has 1 aromatic rings. The molecule has 1 rings (SSSR count). The predicted molar refractivity (Wildman–Crippen MR) is 80.9 cm³/mol. The quantitative estimate of drug-likeness (QED) is 0.593. The summed E-state index contributed by atoms with van der Waals surface area (Å²) in [5, 5.41) is 3.20. The molecule has 118 valence electrons. The molecule has 1 N–H and O–H groups in total. The van der Waals surface area contributed by atoms with Crippen LogP contribution >= 0.6 is 11.3 Å². The van der Waals surface area contributed by atoms with Gasteiger partial charge in [-0.1, -0.05) is 11.3 Å². The van der Waals surface area contributed by atoms with Gasteiger partial charge in [-0.3, -0.25) is 4.79 Å². The fourth-order valence-corrected chi connectivity index (χ4v) is 3.62. The topological polar surface area (TPSA) is 102 Å². The van der Waals surface area contributed by atoms with Crippen LogP contribution < -0.4 is 5.32 Å². The maximum atomic E-state index is 11.7. The lowest BCUT2D eigenvalue weighted by atomic mass is 10.3. The monoisotopic (exact) mass is 334 g/mol. The highest BCUT2D eigenvalue weighted by atomic mass is 32.2. The lowest BCUT2D eigenvalue weighted by Gasteiger charge is -2.10. The van der Waals surface area contributed by atoms with Crippen LogP contribution in [0.15, 0.2) is 0 Å². The van der Waals surface area contributed by atoms with Crippen molar-refractivity contribution in [2.45, 2.75) is 26.8 Å². The summed E-state index contributed by atoms with van der Waals surface area (Å²) in [5.41, 5.74) is -0.0385. The third-order valence-electron chi connectivity index (χ3n) is 2.34. The van der Waals surface area contributed by atoms with Gasteiger partial charge in [0.15, 0.2) is 16.6 Å². The zero-order valence-electron chi connectivity index (χ0n) is 12.3. The Morgan fingerprint density at radius 1 is 1.43 bits per heavy atom. The fraction of sp³-hybridized carbons (Fsp3) is 0.583. The maximum Gasteiger partial charge on any atom is 0.358 e. The molecule has 0 saturated carbocycles. The molecule has 0 aliphatic rings. The van der Waals surface area contributed by atoms with Crippen molar-refractivity contribution in [1.82, 2.24) is 4.98 Å². The summed E-state index contributed by atoms with van der Waals surface area (Å²) >= 11 is 1.01. The number of rotatable bonds is 7. The highest BCUT2D eigenvalue weighted by molar-refractivity contribution is 7.90. The molecule has 7 nitrogen and oxygen atoms in total. The first-order chi connectivity index (χ1) is 9.64. The smallest absolute Gasteiger partial charge is 0.358 e. The number of nitrogens with one attached hydrogen (secondary N) is 1. The van der Waals surface area contributed by atoms with Crippen molar-refractivity contribution in [2.75, 3.05) is 23.9 Å². The molecule has 0 aliphatic carbocycles. The van der Waals surface area contributed by atoms with Crippen LogP contribution in [0.3, 0.4) is 0 Å². The van der Waals surface area contributed by atoms with Gasteiger partial charge >= 0.3 is 5.97 Å². The summed E-state index contributed by atoms with van der Waals surface area (Å²) in [6, 6.07) is -0.388. The predicted octanol–water partition coefficient (Wildman–Crippen LogP) is 1.37. The lowest BCUT2D eigenvalue weighted by molar-refractivity contribution is 0.0517. The molecule has 1 unspecified atom stereocenters. The Hall–Kier alpha value is -1.48. The highest BCUT2D eigenvalue weighted by Gasteiger charge is 2.23. The zero-order chi connectivity index (χ0) is 16.2. The van der Waals surface area contributed by atoms with Crippen molar-refractivity contribution >= 4 is 38.1 Å². The van der Waals surface area contributed by atoms with Gasteiger partial charge in [-0.25, -0.2) is 18.2 Å². The molecule has 1 atom stereocenters. The number of hydrogen-bond acceptors (Lipinski definition) is 8. The van der Waals surface area contributed by atoms with Crippen LogP contribution in [0.5, 0.6) is 0 Å². The van der Waals surface area contributed by atoms with E-state index in [1.54, 1.807) is 13.8 Å². The number of carbonyl (C=O) groups excluding carboxylic acids is 2. The van der Waals surface area contributed by atoms with E-state index in [9.17, 15) is 18.0 Å². The molecule has 0 saturated heterocycles. The molecule has 0 spiro atoms. The molecule has 0 amide bonds. The number of Topliss-reactive ketones (excluding diaryl/α,β-unsaturated/α-hetero) is 1. The Morgan fingerprint density at radius 3 is 2.52 bits per heavy atom.